The number of hydrogen-bond donors (Lipinski definition) is 2. The SMILES string of the molecule is C=C(C)[C@@H](CC)CC[C@@H](C)[C@H]1CCC2C3C(CC[C@@]21C)[C@@]1(C)CC[C@H](O)CC1=C[C@H]3OO. The van der Waals surface area contributed by atoms with Gasteiger partial charge < -0.3 is 5.11 Å². The number of aliphatic hydroxyl groups is 1. The van der Waals surface area contributed by atoms with Gasteiger partial charge in [-0.3, -0.25) is 5.26 Å². The summed E-state index contributed by atoms with van der Waals surface area (Å²) in [5, 5.41) is 20.3. The first-order valence-corrected chi connectivity index (χ1v) is 13.5. The van der Waals surface area contributed by atoms with Crippen molar-refractivity contribution in [2.75, 3.05) is 0 Å². The largest absolute Gasteiger partial charge is 0.393 e. The van der Waals surface area contributed by atoms with Crippen LogP contribution in [0, 0.1) is 46.3 Å². The lowest BCUT2D eigenvalue weighted by molar-refractivity contribution is -0.296. The summed E-state index contributed by atoms with van der Waals surface area (Å²) in [4.78, 5) is 5.19. The molecule has 0 radical (unpaired) electrons. The summed E-state index contributed by atoms with van der Waals surface area (Å²) >= 11 is 0. The van der Waals surface area contributed by atoms with Crippen LogP contribution in [-0.4, -0.2) is 22.6 Å². The Labute approximate surface area is 196 Å². The summed E-state index contributed by atoms with van der Waals surface area (Å²) < 4.78 is 0. The second kappa shape index (κ2) is 9.19. The van der Waals surface area contributed by atoms with Gasteiger partial charge in [0.2, 0.25) is 0 Å². The number of rotatable bonds is 7. The molecule has 0 heterocycles. The minimum absolute atomic E-state index is 0.166. The minimum atomic E-state index is -0.234. The quantitative estimate of drug-likeness (QED) is 0.244. The minimum Gasteiger partial charge on any atom is -0.393 e. The van der Waals surface area contributed by atoms with Gasteiger partial charge in [0.15, 0.2) is 0 Å². The lowest BCUT2D eigenvalue weighted by Crippen LogP contribution is -2.55. The summed E-state index contributed by atoms with van der Waals surface area (Å²) in [6, 6.07) is 0. The van der Waals surface area contributed by atoms with Crippen molar-refractivity contribution in [3.05, 3.63) is 23.8 Å². The topological polar surface area (TPSA) is 49.7 Å². The molecule has 3 nitrogen and oxygen atoms in total. The van der Waals surface area contributed by atoms with E-state index in [0.717, 1.165) is 31.1 Å². The summed E-state index contributed by atoms with van der Waals surface area (Å²) in [6.07, 6.45) is 13.4. The molecule has 2 N–H and O–H groups in total. The van der Waals surface area contributed by atoms with Crippen molar-refractivity contribution in [1.29, 1.82) is 0 Å². The van der Waals surface area contributed by atoms with Gasteiger partial charge in [0, 0.05) is 0 Å². The Kier molecular flexibility index (Phi) is 7.03. The first-order valence-electron chi connectivity index (χ1n) is 13.5. The Bertz CT molecular complexity index is 728. The van der Waals surface area contributed by atoms with Crippen LogP contribution in [0.15, 0.2) is 23.8 Å². The van der Waals surface area contributed by atoms with Crippen LogP contribution in [0.1, 0.15) is 98.8 Å². The van der Waals surface area contributed by atoms with Gasteiger partial charge in [-0.15, -0.1) is 0 Å². The lowest BCUT2D eigenvalue weighted by Gasteiger charge is -2.59. The molecule has 0 bridgehead atoms. The van der Waals surface area contributed by atoms with Gasteiger partial charge in [-0.25, -0.2) is 4.89 Å². The first-order chi connectivity index (χ1) is 15.2. The van der Waals surface area contributed by atoms with Crippen molar-refractivity contribution >= 4 is 0 Å². The molecule has 4 aliphatic carbocycles. The third-order valence-corrected chi connectivity index (χ3v) is 11.1. The number of hydrogen-bond acceptors (Lipinski definition) is 3. The van der Waals surface area contributed by atoms with Crippen LogP contribution in [0.3, 0.4) is 0 Å². The molecule has 0 amide bonds. The Morgan fingerprint density at radius 2 is 1.91 bits per heavy atom. The molecular weight excluding hydrogens is 396 g/mol. The highest BCUT2D eigenvalue weighted by Gasteiger charge is 2.61. The Morgan fingerprint density at radius 3 is 2.56 bits per heavy atom. The van der Waals surface area contributed by atoms with Gasteiger partial charge in [0.05, 0.1) is 6.10 Å². The summed E-state index contributed by atoms with van der Waals surface area (Å²) in [5.74, 6) is 3.75. The molecule has 0 aliphatic heterocycles. The molecule has 4 aliphatic rings. The van der Waals surface area contributed by atoms with E-state index in [-0.39, 0.29) is 17.6 Å². The zero-order valence-corrected chi connectivity index (χ0v) is 21.3. The molecule has 0 spiro atoms. The highest BCUT2D eigenvalue weighted by molar-refractivity contribution is 5.28. The Morgan fingerprint density at radius 1 is 1.16 bits per heavy atom. The second-order valence-corrected chi connectivity index (χ2v) is 12.6. The number of fused-ring (bicyclic) bond motifs is 5. The third kappa shape index (κ3) is 3.95. The normalized spacial score (nSPS) is 45.3. The molecule has 182 valence electrons. The van der Waals surface area contributed by atoms with Crippen molar-refractivity contribution in [3.8, 4) is 0 Å². The molecule has 3 saturated carbocycles. The monoisotopic (exact) mass is 444 g/mol. The van der Waals surface area contributed by atoms with Crippen LogP contribution in [-0.2, 0) is 4.89 Å². The van der Waals surface area contributed by atoms with E-state index in [9.17, 15) is 10.4 Å². The Balaban J connectivity index is 1.55. The van der Waals surface area contributed by atoms with E-state index in [4.69, 9.17) is 4.89 Å². The Hall–Kier alpha value is -0.640. The lowest BCUT2D eigenvalue weighted by atomic mass is 9.46. The maximum atomic E-state index is 10.3. The molecule has 0 aromatic heterocycles. The first kappa shape index (κ1) is 24.5. The van der Waals surface area contributed by atoms with Gasteiger partial charge >= 0.3 is 0 Å². The fourth-order valence-corrected chi connectivity index (χ4v) is 9.14. The van der Waals surface area contributed by atoms with E-state index in [1.54, 1.807) is 0 Å². The maximum Gasteiger partial charge on any atom is 0.114 e. The van der Waals surface area contributed by atoms with Gasteiger partial charge in [0.1, 0.15) is 6.10 Å². The van der Waals surface area contributed by atoms with Crippen molar-refractivity contribution in [1.82, 2.24) is 0 Å². The van der Waals surface area contributed by atoms with Gasteiger partial charge in [-0.2, -0.15) is 0 Å². The smallest absolute Gasteiger partial charge is 0.114 e. The molecule has 3 fully saturated rings. The maximum absolute atomic E-state index is 10.3. The number of allylic oxidation sites excluding steroid dienone is 1. The van der Waals surface area contributed by atoms with Crippen molar-refractivity contribution in [2.45, 2.75) is 111 Å². The van der Waals surface area contributed by atoms with Crippen molar-refractivity contribution in [3.63, 3.8) is 0 Å². The molecule has 0 aromatic carbocycles. The highest BCUT2D eigenvalue weighted by atomic mass is 17.1. The molecule has 3 unspecified atom stereocenters. The van der Waals surface area contributed by atoms with Gasteiger partial charge in [0.25, 0.3) is 0 Å². The predicted octanol–water partition coefficient (Wildman–Crippen LogP) is 7.41. The molecular formula is C29H48O3. The van der Waals surface area contributed by atoms with E-state index in [2.05, 4.69) is 47.3 Å². The van der Waals surface area contributed by atoms with E-state index in [0.29, 0.717) is 29.1 Å². The average molecular weight is 445 g/mol. The fraction of sp³-hybridized carbons (Fsp3) is 0.862. The van der Waals surface area contributed by atoms with Crippen LogP contribution < -0.4 is 0 Å². The van der Waals surface area contributed by atoms with Gasteiger partial charge in [-0.05, 0) is 117 Å². The third-order valence-electron chi connectivity index (χ3n) is 11.1. The van der Waals surface area contributed by atoms with Crippen LogP contribution in [0.4, 0.5) is 0 Å². The van der Waals surface area contributed by atoms with Crippen LogP contribution in [0.5, 0.6) is 0 Å². The molecule has 0 saturated heterocycles. The van der Waals surface area contributed by atoms with E-state index in [1.807, 2.05) is 0 Å². The highest BCUT2D eigenvalue weighted by Crippen LogP contribution is 2.67. The molecule has 0 aromatic rings. The zero-order chi connectivity index (χ0) is 23.3. The van der Waals surface area contributed by atoms with E-state index >= 15 is 0 Å². The molecule has 4 rings (SSSR count). The van der Waals surface area contributed by atoms with Crippen LogP contribution in [0.25, 0.3) is 0 Å². The molecule has 10 atom stereocenters. The van der Waals surface area contributed by atoms with Crippen molar-refractivity contribution < 1.29 is 15.3 Å². The standard InChI is InChI=1S/C29H48O3/c1-7-20(18(2)3)9-8-19(4)23-10-11-24-27-25(13-15-29(23,24)6)28(5)14-12-22(30)16-21(28)17-26(27)32-31/h17,19-20,22-27,30-31H,2,7-16H2,1,3-6H3/t19-,20+,22+,23-,24?,25?,26-,27?,28+,29-/m1/s1. The summed E-state index contributed by atoms with van der Waals surface area (Å²) in [7, 11) is 0. The van der Waals surface area contributed by atoms with E-state index < -0.39 is 0 Å². The zero-order valence-electron chi connectivity index (χ0n) is 21.3. The molecule has 3 heteroatoms. The second-order valence-electron chi connectivity index (χ2n) is 12.6. The summed E-state index contributed by atoms with van der Waals surface area (Å²) in [6.45, 7) is 16.2. The molecule has 32 heavy (non-hydrogen) atoms. The van der Waals surface area contributed by atoms with Crippen LogP contribution >= 0.6 is 0 Å². The van der Waals surface area contributed by atoms with E-state index in [1.165, 1.54) is 56.1 Å². The number of aliphatic hydroxyl groups excluding tert-OH is 1. The average Bonchev–Trinajstić information content (AvgIpc) is 3.11. The predicted molar refractivity (Wildman–Crippen MR) is 131 cm³/mol. The van der Waals surface area contributed by atoms with Crippen LogP contribution in [0.2, 0.25) is 0 Å². The van der Waals surface area contributed by atoms with Crippen molar-refractivity contribution in [2.24, 2.45) is 46.3 Å². The van der Waals surface area contributed by atoms with Gasteiger partial charge in [-0.1, -0.05) is 51.5 Å². The summed E-state index contributed by atoms with van der Waals surface area (Å²) in [5.41, 5.74) is 3.19. The fourth-order valence-electron chi connectivity index (χ4n) is 9.14.